The Balaban J connectivity index is 2.83. The Kier molecular flexibility index (Phi) is 5.05. The van der Waals surface area contributed by atoms with Gasteiger partial charge in [0.15, 0.2) is 0 Å². The van der Waals surface area contributed by atoms with Crippen molar-refractivity contribution in [2.75, 3.05) is 0 Å². The highest BCUT2D eigenvalue weighted by Gasteiger charge is 2.33. The molecule has 2 N–H and O–H groups in total. The highest BCUT2D eigenvalue weighted by molar-refractivity contribution is 6.31. The molecule has 0 aliphatic rings. The predicted octanol–water partition coefficient (Wildman–Crippen LogP) is 3.68. The third kappa shape index (κ3) is 4.69. The summed E-state index contributed by atoms with van der Waals surface area (Å²) in [6, 6.07) is 7.00. The summed E-state index contributed by atoms with van der Waals surface area (Å²) in [4.78, 5) is 11.8. The van der Waals surface area contributed by atoms with Gasteiger partial charge in [-0.3, -0.25) is 0 Å². The number of aliphatic hydroxyl groups excluding tert-OH is 1. The quantitative estimate of drug-likeness (QED) is 0.895. The minimum atomic E-state index is -0.941. The molecule has 20 heavy (non-hydrogen) atoms. The zero-order chi connectivity index (χ0) is 15.6. The van der Waals surface area contributed by atoms with Crippen LogP contribution in [0.25, 0.3) is 0 Å². The van der Waals surface area contributed by atoms with Crippen LogP contribution in [0.1, 0.15) is 46.3 Å². The van der Waals surface area contributed by atoms with E-state index in [2.05, 4.69) is 5.32 Å². The van der Waals surface area contributed by atoms with E-state index >= 15 is 0 Å². The summed E-state index contributed by atoms with van der Waals surface area (Å²) in [5.41, 5.74) is -0.932. The molecule has 0 aromatic heterocycles. The average Bonchev–Trinajstić information content (AvgIpc) is 2.25. The molecule has 0 heterocycles. The molecule has 1 rings (SSSR count). The largest absolute Gasteiger partial charge is 0.444 e. The average molecular weight is 300 g/mol. The number of carbonyl (C=O) groups is 1. The van der Waals surface area contributed by atoms with Gasteiger partial charge in [-0.05, 0) is 40.7 Å². The molecule has 0 aliphatic heterocycles. The number of hydrogen-bond acceptors (Lipinski definition) is 3. The molecule has 1 aromatic rings. The Morgan fingerprint density at radius 1 is 1.25 bits per heavy atom. The number of amides is 1. The lowest BCUT2D eigenvalue weighted by Gasteiger charge is -2.33. The first kappa shape index (κ1) is 16.8. The maximum Gasteiger partial charge on any atom is 0.408 e. The van der Waals surface area contributed by atoms with Gasteiger partial charge in [-0.2, -0.15) is 0 Å². The molecular formula is C15H22ClNO3. The number of nitrogens with one attached hydrogen (secondary N) is 1. The van der Waals surface area contributed by atoms with Gasteiger partial charge < -0.3 is 15.2 Å². The van der Waals surface area contributed by atoms with Crippen molar-refractivity contribution in [2.45, 2.75) is 51.9 Å². The van der Waals surface area contributed by atoms with Gasteiger partial charge in [-0.15, -0.1) is 0 Å². The van der Waals surface area contributed by atoms with Crippen LogP contribution >= 0.6 is 11.6 Å². The molecule has 0 saturated heterocycles. The number of rotatable bonds is 3. The maximum atomic E-state index is 11.8. The molecule has 1 unspecified atom stereocenters. The second kappa shape index (κ2) is 6.02. The normalized spacial score (nSPS) is 13.8. The lowest BCUT2D eigenvalue weighted by Crippen LogP contribution is -2.49. The summed E-state index contributed by atoms with van der Waals surface area (Å²) in [6.07, 6.45) is -1.52. The number of hydrogen-bond donors (Lipinski definition) is 2. The molecule has 0 aliphatic carbocycles. The number of carbonyl (C=O) groups excluding carboxylic acids is 1. The third-order valence-corrected chi connectivity index (χ3v) is 3.05. The molecular weight excluding hydrogens is 278 g/mol. The summed E-state index contributed by atoms with van der Waals surface area (Å²) in [7, 11) is 0. The van der Waals surface area contributed by atoms with Gasteiger partial charge in [0, 0.05) is 10.6 Å². The fourth-order valence-corrected chi connectivity index (χ4v) is 1.96. The minimum Gasteiger partial charge on any atom is -0.444 e. The lowest BCUT2D eigenvalue weighted by atomic mass is 9.91. The van der Waals surface area contributed by atoms with Crippen molar-refractivity contribution in [2.24, 2.45) is 0 Å². The summed E-state index contributed by atoms with van der Waals surface area (Å²) >= 11 is 6.06. The van der Waals surface area contributed by atoms with E-state index in [4.69, 9.17) is 16.3 Å². The first-order chi connectivity index (χ1) is 9.03. The van der Waals surface area contributed by atoms with Gasteiger partial charge in [0.1, 0.15) is 11.7 Å². The van der Waals surface area contributed by atoms with E-state index in [-0.39, 0.29) is 0 Å². The Morgan fingerprint density at radius 2 is 1.80 bits per heavy atom. The summed E-state index contributed by atoms with van der Waals surface area (Å²) in [5.74, 6) is 0. The highest BCUT2D eigenvalue weighted by atomic mass is 35.5. The molecule has 0 spiro atoms. The van der Waals surface area contributed by atoms with Crippen LogP contribution in [0.5, 0.6) is 0 Å². The fraction of sp³-hybridized carbons (Fsp3) is 0.533. The maximum absolute atomic E-state index is 11.8. The highest BCUT2D eigenvalue weighted by Crippen LogP contribution is 2.30. The Hall–Kier alpha value is -1.26. The number of ether oxygens (including phenoxy) is 1. The number of benzene rings is 1. The minimum absolute atomic E-state index is 0.457. The van der Waals surface area contributed by atoms with E-state index in [0.717, 1.165) is 0 Å². The van der Waals surface area contributed by atoms with Crippen LogP contribution in [0.4, 0.5) is 4.79 Å². The van der Waals surface area contributed by atoms with Crippen molar-refractivity contribution in [3.05, 3.63) is 34.9 Å². The molecule has 0 fully saturated rings. The number of alkyl carbamates (subject to hydrolysis) is 1. The van der Waals surface area contributed by atoms with E-state index in [0.29, 0.717) is 10.6 Å². The predicted molar refractivity (Wildman–Crippen MR) is 79.9 cm³/mol. The monoisotopic (exact) mass is 299 g/mol. The van der Waals surface area contributed by atoms with Gasteiger partial charge in [0.05, 0.1) is 5.54 Å². The molecule has 5 heteroatoms. The molecule has 1 aromatic carbocycles. The molecule has 1 amide bonds. The van der Waals surface area contributed by atoms with E-state index in [1.165, 1.54) is 0 Å². The molecule has 0 saturated carbocycles. The topological polar surface area (TPSA) is 58.6 Å². The Labute approximate surface area is 125 Å². The van der Waals surface area contributed by atoms with Crippen molar-refractivity contribution < 1.29 is 14.6 Å². The van der Waals surface area contributed by atoms with Gasteiger partial charge in [0.2, 0.25) is 0 Å². The van der Waals surface area contributed by atoms with Crippen LogP contribution < -0.4 is 5.32 Å². The van der Waals surface area contributed by atoms with Crippen LogP contribution in [-0.4, -0.2) is 22.3 Å². The number of aliphatic hydroxyl groups is 1. The molecule has 0 bridgehead atoms. The van der Waals surface area contributed by atoms with Crippen LogP contribution in [0.2, 0.25) is 5.02 Å². The van der Waals surface area contributed by atoms with E-state index in [1.54, 1.807) is 58.9 Å². The second-order valence-electron chi connectivity index (χ2n) is 6.27. The molecule has 0 radical (unpaired) electrons. The molecule has 1 atom stereocenters. The Bertz CT molecular complexity index is 480. The molecule has 4 nitrogen and oxygen atoms in total. The van der Waals surface area contributed by atoms with Crippen molar-refractivity contribution >= 4 is 17.7 Å². The zero-order valence-electron chi connectivity index (χ0n) is 12.5. The van der Waals surface area contributed by atoms with Crippen LogP contribution in [-0.2, 0) is 4.74 Å². The smallest absolute Gasteiger partial charge is 0.408 e. The van der Waals surface area contributed by atoms with Gasteiger partial charge in [-0.25, -0.2) is 4.79 Å². The third-order valence-electron chi connectivity index (χ3n) is 2.71. The second-order valence-corrected chi connectivity index (χ2v) is 6.68. The van der Waals surface area contributed by atoms with E-state index in [9.17, 15) is 9.90 Å². The number of halogens is 1. The zero-order valence-corrected chi connectivity index (χ0v) is 13.3. The van der Waals surface area contributed by atoms with Crippen LogP contribution in [0, 0.1) is 0 Å². The first-order valence-corrected chi connectivity index (χ1v) is 6.84. The van der Waals surface area contributed by atoms with Crippen LogP contribution in [0.3, 0.4) is 0 Å². The first-order valence-electron chi connectivity index (χ1n) is 6.46. The summed E-state index contributed by atoms with van der Waals surface area (Å²) < 4.78 is 5.20. The van der Waals surface area contributed by atoms with Crippen molar-refractivity contribution in [1.82, 2.24) is 5.32 Å². The van der Waals surface area contributed by atoms with E-state index in [1.807, 2.05) is 0 Å². The van der Waals surface area contributed by atoms with Gasteiger partial charge in [-0.1, -0.05) is 29.8 Å². The standard InChI is InChI=1S/C15H22ClNO3/c1-14(2,3)20-13(19)17-15(4,5)12(18)10-8-6-7-9-11(10)16/h6-9,12,18H,1-5H3,(H,17,19). The van der Waals surface area contributed by atoms with Crippen molar-refractivity contribution in [3.8, 4) is 0 Å². The van der Waals surface area contributed by atoms with Gasteiger partial charge >= 0.3 is 6.09 Å². The fourth-order valence-electron chi connectivity index (χ4n) is 1.72. The Morgan fingerprint density at radius 3 is 2.30 bits per heavy atom. The van der Waals surface area contributed by atoms with Gasteiger partial charge in [0.25, 0.3) is 0 Å². The lowest BCUT2D eigenvalue weighted by molar-refractivity contribution is 0.0291. The van der Waals surface area contributed by atoms with E-state index < -0.39 is 23.3 Å². The summed E-state index contributed by atoms with van der Waals surface area (Å²) in [6.45, 7) is 8.77. The van der Waals surface area contributed by atoms with Crippen LogP contribution in [0.15, 0.2) is 24.3 Å². The molecule has 112 valence electrons. The van der Waals surface area contributed by atoms with Crippen molar-refractivity contribution in [3.63, 3.8) is 0 Å². The van der Waals surface area contributed by atoms with Crippen molar-refractivity contribution in [1.29, 1.82) is 0 Å². The summed E-state index contributed by atoms with van der Waals surface area (Å²) in [5, 5.41) is 13.5. The SMILES string of the molecule is CC(C)(C)OC(=O)NC(C)(C)C(O)c1ccccc1Cl.